The molecule has 0 aliphatic rings. The summed E-state index contributed by atoms with van der Waals surface area (Å²) in [5, 5.41) is 2.67. The Labute approximate surface area is 102 Å². The van der Waals surface area contributed by atoms with Crippen LogP contribution in [0.2, 0.25) is 0 Å². The molecule has 1 aromatic rings. The van der Waals surface area contributed by atoms with Crippen LogP contribution in [0.4, 0.5) is 4.79 Å². The average molecular weight is 231 g/mol. The summed E-state index contributed by atoms with van der Waals surface area (Å²) in [5.41, 5.74) is 0.962. The van der Waals surface area contributed by atoms with Gasteiger partial charge in [-0.05, 0) is 12.5 Å². The van der Waals surface area contributed by atoms with Gasteiger partial charge in [0.1, 0.15) is 6.61 Å². The van der Waals surface area contributed by atoms with Crippen LogP contribution in [0.25, 0.3) is 0 Å². The molecule has 1 N–H and O–H groups in total. The molecule has 0 bridgehead atoms. The molecule has 1 aromatic carbocycles. The molecule has 17 heavy (non-hydrogen) atoms. The largest absolute Gasteiger partial charge is 0.445 e. The fourth-order valence-electron chi connectivity index (χ4n) is 1.29. The Kier molecular flexibility index (Phi) is 5.58. The lowest BCUT2D eigenvalue weighted by Gasteiger charge is -2.11. The predicted molar refractivity (Wildman–Crippen MR) is 68.6 cm³/mol. The van der Waals surface area contributed by atoms with Crippen molar-refractivity contribution < 1.29 is 9.53 Å². The standard InChI is InChI=1S/C14H17NO2/c1-3-8-13(4-2)15-14(16)17-11-12-9-6-5-7-10-12/h3-10,13H,2,11H2,1H3,(H,15,16)/b8-3+/t13-/m0/s1. The van der Waals surface area contributed by atoms with Gasteiger partial charge in [-0.2, -0.15) is 0 Å². The van der Waals surface area contributed by atoms with Gasteiger partial charge in [0.05, 0.1) is 6.04 Å². The van der Waals surface area contributed by atoms with Crippen LogP contribution in [-0.4, -0.2) is 12.1 Å². The zero-order valence-electron chi connectivity index (χ0n) is 9.93. The number of allylic oxidation sites excluding steroid dienone is 1. The van der Waals surface area contributed by atoms with Gasteiger partial charge in [-0.3, -0.25) is 0 Å². The predicted octanol–water partition coefficient (Wildman–Crippen LogP) is 3.04. The Morgan fingerprint density at radius 3 is 2.76 bits per heavy atom. The first-order chi connectivity index (χ1) is 8.26. The molecule has 0 saturated heterocycles. The zero-order chi connectivity index (χ0) is 12.5. The molecule has 1 rings (SSSR count). The number of amides is 1. The lowest BCUT2D eigenvalue weighted by molar-refractivity contribution is 0.139. The summed E-state index contributed by atoms with van der Waals surface area (Å²) in [7, 11) is 0. The van der Waals surface area contributed by atoms with E-state index in [0.717, 1.165) is 5.56 Å². The fraction of sp³-hybridized carbons (Fsp3) is 0.214. The van der Waals surface area contributed by atoms with Gasteiger partial charge in [0.2, 0.25) is 0 Å². The highest BCUT2D eigenvalue weighted by Gasteiger charge is 2.06. The molecular formula is C14H17NO2. The molecule has 0 fully saturated rings. The summed E-state index contributed by atoms with van der Waals surface area (Å²) in [6.45, 7) is 5.78. The van der Waals surface area contributed by atoms with Crippen molar-refractivity contribution in [2.75, 3.05) is 0 Å². The van der Waals surface area contributed by atoms with E-state index in [9.17, 15) is 4.79 Å². The Hall–Kier alpha value is -2.03. The molecule has 0 radical (unpaired) electrons. The van der Waals surface area contributed by atoms with E-state index >= 15 is 0 Å². The molecular weight excluding hydrogens is 214 g/mol. The number of alkyl carbamates (subject to hydrolysis) is 1. The van der Waals surface area contributed by atoms with Crippen LogP contribution in [0.15, 0.2) is 55.1 Å². The average Bonchev–Trinajstić information content (AvgIpc) is 2.37. The normalized spacial score (nSPS) is 12.1. The Balaban J connectivity index is 2.37. The molecule has 3 heteroatoms. The van der Waals surface area contributed by atoms with E-state index in [4.69, 9.17) is 4.74 Å². The van der Waals surface area contributed by atoms with Gasteiger partial charge >= 0.3 is 6.09 Å². The van der Waals surface area contributed by atoms with Crippen molar-refractivity contribution >= 4 is 6.09 Å². The number of hydrogen-bond donors (Lipinski definition) is 1. The van der Waals surface area contributed by atoms with Crippen LogP contribution in [0.3, 0.4) is 0 Å². The second kappa shape index (κ2) is 7.28. The zero-order valence-corrected chi connectivity index (χ0v) is 9.93. The van der Waals surface area contributed by atoms with E-state index in [1.807, 2.05) is 49.4 Å². The van der Waals surface area contributed by atoms with E-state index in [-0.39, 0.29) is 12.6 Å². The highest BCUT2D eigenvalue weighted by Crippen LogP contribution is 2.01. The van der Waals surface area contributed by atoms with Gasteiger partial charge in [0.25, 0.3) is 0 Å². The van der Waals surface area contributed by atoms with E-state index in [2.05, 4.69) is 11.9 Å². The summed E-state index contributed by atoms with van der Waals surface area (Å²) < 4.78 is 5.08. The SMILES string of the molecule is C=C[C@@H](/C=C/C)NC(=O)OCc1ccccc1. The second-order valence-corrected chi connectivity index (χ2v) is 3.49. The molecule has 1 amide bonds. The molecule has 0 saturated carbocycles. The summed E-state index contributed by atoms with van der Waals surface area (Å²) in [6, 6.07) is 9.35. The quantitative estimate of drug-likeness (QED) is 0.791. The lowest BCUT2D eigenvalue weighted by atomic mass is 10.2. The van der Waals surface area contributed by atoms with Crippen molar-refractivity contribution in [3.05, 3.63) is 60.7 Å². The summed E-state index contributed by atoms with van der Waals surface area (Å²) in [6.07, 6.45) is 4.88. The van der Waals surface area contributed by atoms with Gasteiger partial charge in [0, 0.05) is 0 Å². The summed E-state index contributed by atoms with van der Waals surface area (Å²) in [5.74, 6) is 0. The molecule has 3 nitrogen and oxygen atoms in total. The number of carbonyl (C=O) groups excluding carboxylic acids is 1. The monoisotopic (exact) mass is 231 g/mol. The number of benzene rings is 1. The second-order valence-electron chi connectivity index (χ2n) is 3.49. The first-order valence-electron chi connectivity index (χ1n) is 5.49. The maximum absolute atomic E-state index is 11.4. The number of carbonyl (C=O) groups is 1. The molecule has 0 spiro atoms. The third-order valence-corrected chi connectivity index (χ3v) is 2.15. The minimum absolute atomic E-state index is 0.191. The Bertz CT molecular complexity index is 384. The lowest BCUT2D eigenvalue weighted by Crippen LogP contribution is -2.32. The third-order valence-electron chi connectivity index (χ3n) is 2.15. The number of rotatable bonds is 5. The first kappa shape index (κ1) is 13.0. The summed E-state index contributed by atoms with van der Waals surface area (Å²) >= 11 is 0. The third kappa shape index (κ3) is 5.02. The van der Waals surface area contributed by atoms with Crippen LogP contribution < -0.4 is 5.32 Å². The van der Waals surface area contributed by atoms with E-state index in [1.54, 1.807) is 6.08 Å². The maximum atomic E-state index is 11.4. The minimum Gasteiger partial charge on any atom is -0.445 e. The van der Waals surface area contributed by atoms with Crippen molar-refractivity contribution in [1.82, 2.24) is 5.32 Å². The van der Waals surface area contributed by atoms with E-state index in [1.165, 1.54) is 0 Å². The minimum atomic E-state index is -0.447. The topological polar surface area (TPSA) is 38.3 Å². The van der Waals surface area contributed by atoms with Crippen LogP contribution in [-0.2, 0) is 11.3 Å². The molecule has 0 aliphatic heterocycles. The van der Waals surface area contributed by atoms with Crippen LogP contribution in [0.5, 0.6) is 0 Å². The van der Waals surface area contributed by atoms with Crippen LogP contribution >= 0.6 is 0 Å². The highest BCUT2D eigenvalue weighted by atomic mass is 16.5. The molecule has 0 heterocycles. The number of ether oxygens (including phenoxy) is 1. The van der Waals surface area contributed by atoms with Gasteiger partial charge in [-0.15, -0.1) is 6.58 Å². The molecule has 1 atom stereocenters. The fourth-order valence-corrected chi connectivity index (χ4v) is 1.29. The van der Waals surface area contributed by atoms with Crippen LogP contribution in [0, 0.1) is 0 Å². The van der Waals surface area contributed by atoms with Crippen molar-refractivity contribution in [2.24, 2.45) is 0 Å². The van der Waals surface area contributed by atoms with Crippen molar-refractivity contribution in [3.63, 3.8) is 0 Å². The van der Waals surface area contributed by atoms with E-state index in [0.29, 0.717) is 0 Å². The maximum Gasteiger partial charge on any atom is 0.408 e. The summed E-state index contributed by atoms with van der Waals surface area (Å²) in [4.78, 5) is 11.4. The Morgan fingerprint density at radius 1 is 1.47 bits per heavy atom. The smallest absolute Gasteiger partial charge is 0.408 e. The van der Waals surface area contributed by atoms with Gasteiger partial charge in [-0.25, -0.2) is 4.79 Å². The van der Waals surface area contributed by atoms with Crippen molar-refractivity contribution in [1.29, 1.82) is 0 Å². The number of nitrogens with one attached hydrogen (secondary N) is 1. The highest BCUT2D eigenvalue weighted by molar-refractivity contribution is 5.68. The van der Waals surface area contributed by atoms with Crippen LogP contribution in [0.1, 0.15) is 12.5 Å². The molecule has 90 valence electrons. The number of hydrogen-bond acceptors (Lipinski definition) is 2. The molecule has 0 aliphatic carbocycles. The van der Waals surface area contributed by atoms with Crippen molar-refractivity contribution in [2.45, 2.75) is 19.6 Å². The van der Waals surface area contributed by atoms with E-state index < -0.39 is 6.09 Å². The molecule has 0 aromatic heterocycles. The molecule has 0 unspecified atom stereocenters. The Morgan fingerprint density at radius 2 is 2.18 bits per heavy atom. The van der Waals surface area contributed by atoms with Gasteiger partial charge in [-0.1, -0.05) is 48.6 Å². The van der Waals surface area contributed by atoms with Gasteiger partial charge in [0.15, 0.2) is 0 Å². The van der Waals surface area contributed by atoms with Gasteiger partial charge < -0.3 is 10.1 Å². The van der Waals surface area contributed by atoms with Crippen molar-refractivity contribution in [3.8, 4) is 0 Å². The first-order valence-corrected chi connectivity index (χ1v) is 5.49.